The molecular formula is C20H17N3O5. The minimum Gasteiger partial charge on any atom is -0.457 e. The van der Waals surface area contributed by atoms with Gasteiger partial charge < -0.3 is 10.1 Å². The second-order valence-electron chi connectivity index (χ2n) is 6.50. The molecule has 4 amide bonds. The summed E-state index contributed by atoms with van der Waals surface area (Å²) >= 11 is 0. The molecule has 142 valence electrons. The zero-order valence-electron chi connectivity index (χ0n) is 15.0. The van der Waals surface area contributed by atoms with Gasteiger partial charge in [0.2, 0.25) is 11.8 Å². The van der Waals surface area contributed by atoms with E-state index in [1.807, 2.05) is 12.1 Å². The number of carbonyl (C=O) groups excluding carboxylic acids is 4. The molecule has 0 spiro atoms. The highest BCUT2D eigenvalue weighted by Crippen LogP contribution is 2.35. The summed E-state index contributed by atoms with van der Waals surface area (Å²) in [5.74, 6) is -1.47. The molecule has 1 fully saturated rings. The van der Waals surface area contributed by atoms with Gasteiger partial charge in [-0.15, -0.1) is 0 Å². The second-order valence-corrected chi connectivity index (χ2v) is 6.50. The van der Waals surface area contributed by atoms with Crippen LogP contribution < -0.4 is 15.4 Å². The average Bonchev–Trinajstić information content (AvgIpc) is 2.94. The number of nitrogens with zero attached hydrogens (tertiary/aromatic N) is 1. The normalized spacial score (nSPS) is 18.8. The molecule has 2 aliphatic heterocycles. The highest BCUT2D eigenvalue weighted by Gasteiger charge is 2.46. The maximum atomic E-state index is 13.0. The Morgan fingerprint density at radius 3 is 2.46 bits per heavy atom. The number of ether oxygens (including phenoxy) is 1. The van der Waals surface area contributed by atoms with Gasteiger partial charge >= 0.3 is 0 Å². The molecule has 1 unspecified atom stereocenters. The molecule has 0 aromatic heterocycles. The number of nitrogens with one attached hydrogen (secondary N) is 2. The van der Waals surface area contributed by atoms with E-state index in [-0.39, 0.29) is 29.7 Å². The van der Waals surface area contributed by atoms with E-state index in [9.17, 15) is 19.2 Å². The van der Waals surface area contributed by atoms with Crippen LogP contribution in [0.4, 0.5) is 5.69 Å². The van der Waals surface area contributed by atoms with Crippen LogP contribution in [0, 0.1) is 0 Å². The second kappa shape index (κ2) is 6.80. The quantitative estimate of drug-likeness (QED) is 0.787. The third-order valence-electron chi connectivity index (χ3n) is 4.80. The van der Waals surface area contributed by atoms with Gasteiger partial charge in [0.1, 0.15) is 17.5 Å². The van der Waals surface area contributed by atoms with Gasteiger partial charge in [0.15, 0.2) is 0 Å². The third-order valence-corrected chi connectivity index (χ3v) is 4.80. The highest BCUT2D eigenvalue weighted by molar-refractivity contribution is 6.24. The predicted molar refractivity (Wildman–Crippen MR) is 99.2 cm³/mol. The minimum atomic E-state index is -1.01. The Hall–Kier alpha value is -3.68. The standard InChI is InChI=1S/C20H17N3O5/c1-21-11-5-7-12(8-6-11)28-15-4-2-3-13-17(15)20(27)23(19(13)26)14-9-10-16(24)22-18(14)25/h2-8,14,21H,9-10H2,1H3,(H,22,24,25). The molecule has 2 aromatic carbocycles. The van der Waals surface area contributed by atoms with E-state index in [0.29, 0.717) is 5.75 Å². The van der Waals surface area contributed by atoms with E-state index >= 15 is 0 Å². The minimum absolute atomic E-state index is 0.0744. The first-order valence-corrected chi connectivity index (χ1v) is 8.80. The van der Waals surface area contributed by atoms with E-state index in [4.69, 9.17) is 4.74 Å². The van der Waals surface area contributed by atoms with Gasteiger partial charge in [-0.2, -0.15) is 0 Å². The average molecular weight is 379 g/mol. The van der Waals surface area contributed by atoms with Crippen molar-refractivity contribution in [2.45, 2.75) is 18.9 Å². The molecule has 0 bridgehead atoms. The van der Waals surface area contributed by atoms with Crippen molar-refractivity contribution in [3.8, 4) is 11.5 Å². The summed E-state index contributed by atoms with van der Waals surface area (Å²) < 4.78 is 5.84. The highest BCUT2D eigenvalue weighted by atomic mass is 16.5. The van der Waals surface area contributed by atoms with Crippen molar-refractivity contribution in [2.24, 2.45) is 0 Å². The van der Waals surface area contributed by atoms with Crippen LogP contribution in [0.1, 0.15) is 33.6 Å². The van der Waals surface area contributed by atoms with E-state index < -0.39 is 29.7 Å². The molecule has 0 saturated carbocycles. The first-order valence-electron chi connectivity index (χ1n) is 8.80. The summed E-state index contributed by atoms with van der Waals surface area (Å²) in [6.45, 7) is 0. The maximum absolute atomic E-state index is 13.0. The molecule has 1 saturated heterocycles. The van der Waals surface area contributed by atoms with Crippen molar-refractivity contribution in [1.29, 1.82) is 0 Å². The topological polar surface area (TPSA) is 105 Å². The Labute approximate surface area is 160 Å². The fourth-order valence-electron chi connectivity index (χ4n) is 3.39. The summed E-state index contributed by atoms with van der Waals surface area (Å²) in [5.41, 5.74) is 1.20. The van der Waals surface area contributed by atoms with Gasteiger partial charge in [-0.3, -0.25) is 29.4 Å². The molecular weight excluding hydrogens is 362 g/mol. The summed E-state index contributed by atoms with van der Waals surface area (Å²) in [7, 11) is 1.80. The Kier molecular flexibility index (Phi) is 4.31. The molecule has 8 nitrogen and oxygen atoms in total. The maximum Gasteiger partial charge on any atom is 0.266 e. The fraction of sp³-hybridized carbons (Fsp3) is 0.200. The van der Waals surface area contributed by atoms with Crippen molar-refractivity contribution < 1.29 is 23.9 Å². The lowest BCUT2D eigenvalue weighted by Crippen LogP contribution is -2.54. The first-order chi connectivity index (χ1) is 13.5. The number of amides is 4. The summed E-state index contributed by atoms with van der Waals surface area (Å²) in [6.07, 6.45) is 0.183. The number of fused-ring (bicyclic) bond motifs is 1. The van der Waals surface area contributed by atoms with Crippen molar-refractivity contribution in [2.75, 3.05) is 12.4 Å². The number of hydrogen-bond donors (Lipinski definition) is 2. The van der Waals surface area contributed by atoms with Gasteiger partial charge in [-0.1, -0.05) is 6.07 Å². The zero-order valence-corrected chi connectivity index (χ0v) is 15.0. The van der Waals surface area contributed by atoms with E-state index in [1.165, 1.54) is 6.07 Å². The van der Waals surface area contributed by atoms with Crippen LogP contribution in [0.25, 0.3) is 0 Å². The van der Waals surface area contributed by atoms with Crippen LogP contribution in [0.15, 0.2) is 42.5 Å². The lowest BCUT2D eigenvalue weighted by Gasteiger charge is -2.27. The summed E-state index contributed by atoms with van der Waals surface area (Å²) in [6, 6.07) is 10.9. The number of piperidine rings is 1. The number of anilines is 1. The first kappa shape index (κ1) is 17.7. The van der Waals surface area contributed by atoms with E-state index in [1.54, 1.807) is 31.3 Å². The molecule has 1 atom stereocenters. The lowest BCUT2D eigenvalue weighted by atomic mass is 10.0. The van der Waals surface area contributed by atoms with Crippen molar-refractivity contribution >= 4 is 29.3 Å². The molecule has 8 heteroatoms. The third kappa shape index (κ3) is 2.88. The van der Waals surface area contributed by atoms with Crippen LogP contribution in [0.3, 0.4) is 0 Å². The molecule has 2 N–H and O–H groups in total. The predicted octanol–water partition coefficient (Wildman–Crippen LogP) is 1.92. The number of hydrogen-bond acceptors (Lipinski definition) is 6. The van der Waals surface area contributed by atoms with Crippen LogP contribution in [0.5, 0.6) is 11.5 Å². The fourth-order valence-corrected chi connectivity index (χ4v) is 3.39. The van der Waals surface area contributed by atoms with Gasteiger partial charge in [0.25, 0.3) is 11.8 Å². The van der Waals surface area contributed by atoms with Gasteiger partial charge in [0.05, 0.1) is 11.1 Å². The molecule has 2 aliphatic rings. The Balaban J connectivity index is 1.65. The van der Waals surface area contributed by atoms with Crippen LogP contribution >= 0.6 is 0 Å². The Morgan fingerprint density at radius 2 is 1.79 bits per heavy atom. The monoisotopic (exact) mass is 379 g/mol. The smallest absolute Gasteiger partial charge is 0.266 e. The summed E-state index contributed by atoms with van der Waals surface area (Å²) in [4.78, 5) is 50.2. The number of benzene rings is 2. The van der Waals surface area contributed by atoms with E-state index in [0.717, 1.165) is 10.6 Å². The van der Waals surface area contributed by atoms with Crippen LogP contribution in [-0.2, 0) is 9.59 Å². The summed E-state index contributed by atoms with van der Waals surface area (Å²) in [5, 5.41) is 5.18. The Bertz CT molecular complexity index is 999. The molecule has 28 heavy (non-hydrogen) atoms. The van der Waals surface area contributed by atoms with Gasteiger partial charge in [-0.05, 0) is 42.8 Å². The zero-order chi connectivity index (χ0) is 19.8. The molecule has 2 aromatic rings. The van der Waals surface area contributed by atoms with Crippen molar-refractivity contribution in [3.63, 3.8) is 0 Å². The Morgan fingerprint density at radius 1 is 1.04 bits per heavy atom. The molecule has 0 aliphatic carbocycles. The largest absolute Gasteiger partial charge is 0.457 e. The van der Waals surface area contributed by atoms with Crippen molar-refractivity contribution in [3.05, 3.63) is 53.6 Å². The number of carbonyl (C=O) groups is 4. The molecule has 2 heterocycles. The van der Waals surface area contributed by atoms with Gasteiger partial charge in [0, 0.05) is 19.2 Å². The van der Waals surface area contributed by atoms with Crippen LogP contribution in [-0.4, -0.2) is 41.6 Å². The SMILES string of the molecule is CNc1ccc(Oc2cccc3c2C(=O)N(C2CCC(=O)NC2=O)C3=O)cc1. The number of imide groups is 2. The molecule has 0 radical (unpaired) electrons. The van der Waals surface area contributed by atoms with Crippen molar-refractivity contribution in [1.82, 2.24) is 10.2 Å². The van der Waals surface area contributed by atoms with Gasteiger partial charge in [-0.25, -0.2) is 0 Å². The lowest BCUT2D eigenvalue weighted by molar-refractivity contribution is -0.136. The van der Waals surface area contributed by atoms with Crippen LogP contribution in [0.2, 0.25) is 0 Å². The molecule has 4 rings (SSSR count). The van der Waals surface area contributed by atoms with E-state index in [2.05, 4.69) is 10.6 Å². The number of rotatable bonds is 4.